The van der Waals surface area contributed by atoms with E-state index in [4.69, 9.17) is 0 Å². The highest BCUT2D eigenvalue weighted by molar-refractivity contribution is 5.25. The van der Waals surface area contributed by atoms with E-state index in [0.29, 0.717) is 25.2 Å². The van der Waals surface area contributed by atoms with Gasteiger partial charge in [-0.1, -0.05) is 13.8 Å². The summed E-state index contributed by atoms with van der Waals surface area (Å²) in [6, 6.07) is 0. The van der Waals surface area contributed by atoms with E-state index in [1.807, 2.05) is 0 Å². The third kappa shape index (κ3) is 2.04. The molecule has 0 unspecified atom stereocenters. The summed E-state index contributed by atoms with van der Waals surface area (Å²) in [4.78, 5) is 0. The van der Waals surface area contributed by atoms with Gasteiger partial charge in [-0.25, -0.2) is 0 Å². The molecule has 0 aromatic heterocycles. The van der Waals surface area contributed by atoms with Crippen LogP contribution in [0.5, 0.6) is 0 Å². The first-order chi connectivity index (χ1) is 12.0. The number of hydrogen-bond donors (Lipinski definition) is 5. The monoisotopic (exact) mass is 368 g/mol. The Morgan fingerprint density at radius 2 is 1.58 bits per heavy atom. The van der Waals surface area contributed by atoms with Gasteiger partial charge in [0.2, 0.25) is 0 Å². The van der Waals surface area contributed by atoms with Crippen LogP contribution in [0.2, 0.25) is 0 Å². The van der Waals surface area contributed by atoms with Crippen molar-refractivity contribution in [1.29, 1.82) is 0 Å². The Morgan fingerprint density at radius 1 is 0.885 bits per heavy atom. The second kappa shape index (κ2) is 5.66. The van der Waals surface area contributed by atoms with Crippen LogP contribution in [0.25, 0.3) is 0 Å². The average Bonchev–Trinajstić information content (AvgIpc) is 2.80. The number of rotatable bonds is 1. The fourth-order valence-corrected chi connectivity index (χ4v) is 7.92. The number of fused-ring (bicyclic) bond motifs is 5. The summed E-state index contributed by atoms with van der Waals surface area (Å²) in [6.07, 6.45) is 3.62. The van der Waals surface area contributed by atoms with Crippen LogP contribution in [0.1, 0.15) is 72.1 Å². The summed E-state index contributed by atoms with van der Waals surface area (Å²) < 4.78 is 0. The van der Waals surface area contributed by atoms with E-state index >= 15 is 0 Å². The van der Waals surface area contributed by atoms with Gasteiger partial charge in [-0.15, -0.1) is 0 Å². The Bertz CT molecular complexity index is 581. The zero-order valence-corrected chi connectivity index (χ0v) is 16.4. The van der Waals surface area contributed by atoms with Crippen LogP contribution >= 0.6 is 0 Å². The molecule has 0 radical (unpaired) electrons. The third-order valence-electron chi connectivity index (χ3n) is 9.80. The molecule has 10 atom stereocenters. The topological polar surface area (TPSA) is 101 Å². The van der Waals surface area contributed by atoms with E-state index in [2.05, 4.69) is 6.92 Å². The highest BCUT2D eigenvalue weighted by Crippen LogP contribution is 2.70. The van der Waals surface area contributed by atoms with Crippen molar-refractivity contribution in [3.05, 3.63) is 0 Å². The smallest absolute Gasteiger partial charge is 0.101 e. The van der Waals surface area contributed by atoms with Crippen molar-refractivity contribution in [3.8, 4) is 0 Å². The van der Waals surface area contributed by atoms with Crippen molar-refractivity contribution in [3.63, 3.8) is 0 Å². The fraction of sp³-hybridized carbons (Fsp3) is 1.00. The van der Waals surface area contributed by atoms with E-state index in [9.17, 15) is 25.5 Å². The van der Waals surface area contributed by atoms with Crippen molar-refractivity contribution in [2.24, 2.45) is 28.6 Å². The SMILES string of the molecule is C[C@@H](O)[C@]1(O)CC[C@]2(O)[C@@H]3CC[C@H]4C[C@@H](O)CC[C@]4(C)[C@H]3C[C@@H](O)[C@]12C. The van der Waals surface area contributed by atoms with Gasteiger partial charge in [-0.05, 0) is 81.5 Å². The molecule has 4 rings (SSSR count). The molecule has 0 saturated heterocycles. The second-order valence-corrected chi connectivity index (χ2v) is 10.4. The molecule has 150 valence electrons. The van der Waals surface area contributed by atoms with E-state index in [-0.39, 0.29) is 23.4 Å². The molecule has 5 nitrogen and oxygen atoms in total. The summed E-state index contributed by atoms with van der Waals surface area (Å²) >= 11 is 0. The normalized spacial score (nSPS) is 60.7. The quantitative estimate of drug-likeness (QED) is 0.484. The molecule has 0 heterocycles. The van der Waals surface area contributed by atoms with Gasteiger partial charge < -0.3 is 25.5 Å². The molecule has 4 fully saturated rings. The first-order valence-electron chi connectivity index (χ1n) is 10.5. The maximum Gasteiger partial charge on any atom is 0.101 e. The lowest BCUT2D eigenvalue weighted by Crippen LogP contribution is -2.71. The lowest BCUT2D eigenvalue weighted by Gasteiger charge is -2.65. The van der Waals surface area contributed by atoms with Gasteiger partial charge in [0.25, 0.3) is 0 Å². The molecule has 4 aliphatic carbocycles. The van der Waals surface area contributed by atoms with Gasteiger partial charge in [0, 0.05) is 0 Å². The maximum atomic E-state index is 11.9. The minimum Gasteiger partial charge on any atom is -0.393 e. The number of aliphatic hydroxyl groups excluding tert-OH is 3. The zero-order chi connectivity index (χ0) is 19.1. The summed E-state index contributed by atoms with van der Waals surface area (Å²) in [6.45, 7) is 5.64. The van der Waals surface area contributed by atoms with Crippen LogP contribution in [0.3, 0.4) is 0 Å². The molecule has 0 amide bonds. The van der Waals surface area contributed by atoms with Crippen LogP contribution in [-0.4, -0.2) is 55.0 Å². The highest BCUT2D eigenvalue weighted by atomic mass is 16.4. The van der Waals surface area contributed by atoms with Crippen LogP contribution in [0.15, 0.2) is 0 Å². The predicted molar refractivity (Wildman–Crippen MR) is 97.2 cm³/mol. The molecule has 0 aliphatic heterocycles. The van der Waals surface area contributed by atoms with E-state index in [0.717, 1.165) is 32.1 Å². The standard InChI is InChI=1S/C21H36O5/c1-12(22)20(25)8-9-21(26)15-5-4-13-10-14(23)6-7-18(13,2)16(15)11-17(24)19(20,21)3/h12-17,22-26H,4-11H2,1-3H3/t12-,13+,14+,15-,16+,17-,18+,19-,20-,21+/m1/s1. The number of hydrogen-bond acceptors (Lipinski definition) is 5. The molecule has 5 heteroatoms. The Kier molecular flexibility index (Phi) is 4.17. The first kappa shape index (κ1) is 19.1. The molecule has 0 aromatic carbocycles. The Balaban J connectivity index is 1.75. The van der Waals surface area contributed by atoms with Crippen LogP contribution in [-0.2, 0) is 0 Å². The summed E-state index contributed by atoms with van der Waals surface area (Å²) in [5.41, 5.74) is -3.73. The Morgan fingerprint density at radius 3 is 2.23 bits per heavy atom. The van der Waals surface area contributed by atoms with Gasteiger partial charge in [0.05, 0.1) is 29.3 Å². The highest BCUT2D eigenvalue weighted by Gasteiger charge is 2.75. The molecule has 26 heavy (non-hydrogen) atoms. The van der Waals surface area contributed by atoms with Crippen LogP contribution in [0, 0.1) is 28.6 Å². The molecular formula is C21H36O5. The first-order valence-corrected chi connectivity index (χ1v) is 10.5. The van der Waals surface area contributed by atoms with E-state index in [1.54, 1.807) is 13.8 Å². The largest absolute Gasteiger partial charge is 0.393 e. The van der Waals surface area contributed by atoms with Crippen molar-refractivity contribution < 1.29 is 25.5 Å². The van der Waals surface area contributed by atoms with Crippen LogP contribution < -0.4 is 0 Å². The molecule has 5 N–H and O–H groups in total. The van der Waals surface area contributed by atoms with E-state index < -0.39 is 28.8 Å². The molecule has 0 bridgehead atoms. The minimum absolute atomic E-state index is 0.0196. The van der Waals surface area contributed by atoms with Gasteiger partial charge in [-0.3, -0.25) is 0 Å². The summed E-state index contributed by atoms with van der Waals surface area (Å²) in [5.74, 6) is 0.656. The second-order valence-electron chi connectivity index (χ2n) is 10.4. The Labute approximate surface area is 156 Å². The molecule has 4 saturated carbocycles. The lowest BCUT2D eigenvalue weighted by molar-refractivity contribution is -0.286. The van der Waals surface area contributed by atoms with Gasteiger partial charge in [-0.2, -0.15) is 0 Å². The Hall–Kier alpha value is -0.200. The molecular weight excluding hydrogens is 332 g/mol. The van der Waals surface area contributed by atoms with E-state index in [1.165, 1.54) is 0 Å². The van der Waals surface area contributed by atoms with Gasteiger partial charge in [0.1, 0.15) is 5.60 Å². The summed E-state index contributed by atoms with van der Waals surface area (Å²) in [5, 5.41) is 54.8. The van der Waals surface area contributed by atoms with Crippen molar-refractivity contribution in [2.75, 3.05) is 0 Å². The third-order valence-corrected chi connectivity index (χ3v) is 9.80. The molecule has 4 aliphatic rings. The number of aliphatic hydroxyl groups is 5. The van der Waals surface area contributed by atoms with Gasteiger partial charge in [0.15, 0.2) is 0 Å². The fourth-order valence-electron chi connectivity index (χ4n) is 7.92. The van der Waals surface area contributed by atoms with Crippen molar-refractivity contribution in [2.45, 2.75) is 102 Å². The van der Waals surface area contributed by atoms with Crippen LogP contribution in [0.4, 0.5) is 0 Å². The van der Waals surface area contributed by atoms with Gasteiger partial charge >= 0.3 is 0 Å². The molecule has 0 aromatic rings. The summed E-state index contributed by atoms with van der Waals surface area (Å²) in [7, 11) is 0. The lowest BCUT2D eigenvalue weighted by atomic mass is 9.42. The van der Waals surface area contributed by atoms with Crippen molar-refractivity contribution >= 4 is 0 Å². The maximum absolute atomic E-state index is 11.9. The van der Waals surface area contributed by atoms with Crippen molar-refractivity contribution in [1.82, 2.24) is 0 Å². The molecule has 0 spiro atoms. The zero-order valence-electron chi connectivity index (χ0n) is 16.4. The minimum atomic E-state index is -1.47. The average molecular weight is 369 g/mol. The predicted octanol–water partition coefficient (Wildman–Crippen LogP) is 1.59.